The number of amides is 2. The number of carbonyl (C=O) groups is 3. The monoisotopic (exact) mass is 295 g/mol. The average Bonchev–Trinajstić information content (AvgIpc) is 2.73. The van der Waals surface area contributed by atoms with Crippen molar-refractivity contribution in [1.29, 1.82) is 0 Å². The first-order chi connectivity index (χ1) is 10.6. The van der Waals surface area contributed by atoms with Crippen LogP contribution in [-0.4, -0.2) is 27.8 Å². The Morgan fingerprint density at radius 3 is 2.09 bits per heavy atom. The molecule has 5 nitrogen and oxygen atoms in total. The first kappa shape index (κ1) is 14.0. The molecule has 2 amide bonds. The maximum absolute atomic E-state index is 12.3. The first-order valence-corrected chi connectivity index (χ1v) is 6.81. The van der Waals surface area contributed by atoms with Crippen LogP contribution in [-0.2, 0) is 17.8 Å². The van der Waals surface area contributed by atoms with E-state index in [1.807, 2.05) is 0 Å². The minimum atomic E-state index is -0.919. The van der Waals surface area contributed by atoms with Gasteiger partial charge in [-0.15, -0.1) is 0 Å². The number of nitrogens with zero attached hydrogens (tertiary/aromatic N) is 1. The predicted molar refractivity (Wildman–Crippen MR) is 78.4 cm³/mol. The van der Waals surface area contributed by atoms with E-state index in [2.05, 4.69) is 0 Å². The van der Waals surface area contributed by atoms with Gasteiger partial charge in [-0.2, -0.15) is 0 Å². The summed E-state index contributed by atoms with van der Waals surface area (Å²) < 4.78 is 0. The molecule has 0 unspecified atom stereocenters. The summed E-state index contributed by atoms with van der Waals surface area (Å²) in [6.07, 6.45) is -0.0873. The summed E-state index contributed by atoms with van der Waals surface area (Å²) in [5, 5.41) is 8.83. The Morgan fingerprint density at radius 1 is 0.909 bits per heavy atom. The number of fused-ring (bicyclic) bond motifs is 1. The van der Waals surface area contributed by atoms with Gasteiger partial charge in [0.2, 0.25) is 0 Å². The van der Waals surface area contributed by atoms with Gasteiger partial charge in [-0.05, 0) is 23.3 Å². The second-order valence-corrected chi connectivity index (χ2v) is 5.13. The van der Waals surface area contributed by atoms with Gasteiger partial charge >= 0.3 is 5.97 Å². The minimum absolute atomic E-state index is 0.0873. The Labute approximate surface area is 126 Å². The fraction of sp³-hybridized carbons (Fsp3) is 0.118. The van der Waals surface area contributed by atoms with Crippen LogP contribution in [0.1, 0.15) is 31.8 Å². The van der Waals surface area contributed by atoms with Gasteiger partial charge in [-0.25, -0.2) is 0 Å². The van der Waals surface area contributed by atoms with E-state index in [1.165, 1.54) is 4.90 Å². The van der Waals surface area contributed by atoms with E-state index in [0.29, 0.717) is 16.7 Å². The summed E-state index contributed by atoms with van der Waals surface area (Å²) in [5.41, 5.74) is 2.19. The van der Waals surface area contributed by atoms with Gasteiger partial charge in [0, 0.05) is 0 Å². The maximum Gasteiger partial charge on any atom is 0.307 e. The van der Waals surface area contributed by atoms with Gasteiger partial charge in [-0.1, -0.05) is 36.4 Å². The van der Waals surface area contributed by atoms with Crippen molar-refractivity contribution in [3.63, 3.8) is 0 Å². The van der Waals surface area contributed by atoms with Gasteiger partial charge in [-0.3, -0.25) is 19.3 Å². The number of hydrogen-bond acceptors (Lipinski definition) is 3. The lowest BCUT2D eigenvalue weighted by atomic mass is 10.1. The fourth-order valence-electron chi connectivity index (χ4n) is 2.58. The summed E-state index contributed by atoms with van der Waals surface area (Å²) in [5.74, 6) is -1.55. The normalized spacial score (nSPS) is 13.4. The third kappa shape index (κ3) is 2.48. The molecule has 0 radical (unpaired) electrons. The molecule has 1 aliphatic rings. The molecule has 0 aliphatic carbocycles. The highest BCUT2D eigenvalue weighted by atomic mass is 16.4. The van der Waals surface area contributed by atoms with Crippen molar-refractivity contribution < 1.29 is 19.5 Å². The average molecular weight is 295 g/mol. The molecule has 0 saturated heterocycles. The Morgan fingerprint density at radius 2 is 1.50 bits per heavy atom. The van der Waals surface area contributed by atoms with Crippen LogP contribution < -0.4 is 0 Å². The van der Waals surface area contributed by atoms with E-state index in [0.717, 1.165) is 5.56 Å². The Balaban J connectivity index is 1.84. The molecule has 3 rings (SSSR count). The number of imide groups is 1. The second kappa shape index (κ2) is 5.44. The van der Waals surface area contributed by atoms with Crippen LogP contribution in [0.25, 0.3) is 0 Å². The van der Waals surface area contributed by atoms with Crippen molar-refractivity contribution in [3.8, 4) is 0 Å². The largest absolute Gasteiger partial charge is 0.481 e. The van der Waals surface area contributed by atoms with Crippen molar-refractivity contribution in [2.75, 3.05) is 0 Å². The van der Waals surface area contributed by atoms with E-state index in [1.54, 1.807) is 48.5 Å². The highest BCUT2D eigenvalue weighted by Crippen LogP contribution is 2.24. The molecule has 22 heavy (non-hydrogen) atoms. The zero-order valence-corrected chi connectivity index (χ0v) is 11.7. The Kier molecular flexibility index (Phi) is 3.47. The lowest BCUT2D eigenvalue weighted by Gasteiger charge is -2.14. The molecule has 5 heteroatoms. The highest BCUT2D eigenvalue weighted by molar-refractivity contribution is 6.21. The lowest BCUT2D eigenvalue weighted by Crippen LogP contribution is -2.29. The SMILES string of the molecule is O=C(O)Cc1cccc(CN2C(=O)c3ccccc3C2=O)c1. The summed E-state index contributed by atoms with van der Waals surface area (Å²) in [7, 11) is 0. The van der Waals surface area contributed by atoms with Gasteiger partial charge in [0.1, 0.15) is 0 Å². The molecule has 1 heterocycles. The van der Waals surface area contributed by atoms with Crippen molar-refractivity contribution in [3.05, 3.63) is 70.8 Å². The first-order valence-electron chi connectivity index (χ1n) is 6.81. The number of rotatable bonds is 4. The molecule has 2 aromatic carbocycles. The van der Waals surface area contributed by atoms with Gasteiger partial charge in [0.15, 0.2) is 0 Å². The van der Waals surface area contributed by atoms with E-state index in [9.17, 15) is 14.4 Å². The molecule has 1 aliphatic heterocycles. The summed E-state index contributed by atoms with van der Waals surface area (Å²) in [4.78, 5) is 36.5. The zero-order valence-electron chi connectivity index (χ0n) is 11.7. The predicted octanol–water partition coefficient (Wildman–Crippen LogP) is 2.11. The van der Waals surface area contributed by atoms with Crippen molar-refractivity contribution >= 4 is 17.8 Å². The van der Waals surface area contributed by atoms with Crippen molar-refractivity contribution in [1.82, 2.24) is 4.90 Å². The molecule has 0 saturated carbocycles. The van der Waals surface area contributed by atoms with Crippen LogP contribution in [0.4, 0.5) is 0 Å². The number of hydrogen-bond donors (Lipinski definition) is 1. The second-order valence-electron chi connectivity index (χ2n) is 5.13. The van der Waals surface area contributed by atoms with E-state index >= 15 is 0 Å². The number of carbonyl (C=O) groups excluding carboxylic acids is 2. The Bertz CT molecular complexity index is 747. The van der Waals surface area contributed by atoms with Gasteiger partial charge in [0.05, 0.1) is 24.1 Å². The van der Waals surface area contributed by atoms with Crippen LogP contribution in [0.15, 0.2) is 48.5 Å². The molecule has 0 spiro atoms. The summed E-state index contributed by atoms with van der Waals surface area (Å²) in [6.45, 7) is 0.139. The minimum Gasteiger partial charge on any atom is -0.481 e. The molecule has 0 atom stereocenters. The fourth-order valence-corrected chi connectivity index (χ4v) is 2.58. The molecule has 0 bridgehead atoms. The van der Waals surface area contributed by atoms with E-state index in [-0.39, 0.29) is 24.8 Å². The molecule has 1 N–H and O–H groups in total. The number of benzene rings is 2. The summed E-state index contributed by atoms with van der Waals surface area (Å²) in [6, 6.07) is 13.6. The molecule has 0 aromatic heterocycles. The highest BCUT2D eigenvalue weighted by Gasteiger charge is 2.34. The lowest BCUT2D eigenvalue weighted by molar-refractivity contribution is -0.136. The topological polar surface area (TPSA) is 74.7 Å². The van der Waals surface area contributed by atoms with Crippen molar-refractivity contribution in [2.45, 2.75) is 13.0 Å². The third-order valence-electron chi connectivity index (χ3n) is 3.57. The summed E-state index contributed by atoms with van der Waals surface area (Å²) >= 11 is 0. The third-order valence-corrected chi connectivity index (χ3v) is 3.57. The number of carboxylic acids is 1. The molecular weight excluding hydrogens is 282 g/mol. The van der Waals surface area contributed by atoms with Crippen LogP contribution in [0.5, 0.6) is 0 Å². The number of carboxylic acid groups (broad SMARTS) is 1. The smallest absolute Gasteiger partial charge is 0.307 e. The molecule has 0 fully saturated rings. The van der Waals surface area contributed by atoms with Crippen LogP contribution in [0.2, 0.25) is 0 Å². The van der Waals surface area contributed by atoms with Gasteiger partial charge in [0.25, 0.3) is 11.8 Å². The van der Waals surface area contributed by atoms with Crippen LogP contribution in [0, 0.1) is 0 Å². The Hall–Kier alpha value is -2.95. The molecule has 110 valence electrons. The molecule has 2 aromatic rings. The van der Waals surface area contributed by atoms with E-state index < -0.39 is 5.97 Å². The standard InChI is InChI=1S/C17H13NO4/c19-15(20)9-11-4-3-5-12(8-11)10-18-16(21)13-6-1-2-7-14(13)17(18)22/h1-8H,9-10H2,(H,19,20). The quantitative estimate of drug-likeness (QED) is 0.877. The number of aliphatic carboxylic acids is 1. The maximum atomic E-state index is 12.3. The molecular formula is C17H13NO4. The van der Waals surface area contributed by atoms with Crippen LogP contribution >= 0.6 is 0 Å². The van der Waals surface area contributed by atoms with Crippen LogP contribution in [0.3, 0.4) is 0 Å². The van der Waals surface area contributed by atoms with Gasteiger partial charge < -0.3 is 5.11 Å². The van der Waals surface area contributed by atoms with E-state index in [4.69, 9.17) is 5.11 Å². The zero-order chi connectivity index (χ0) is 15.7. The van der Waals surface area contributed by atoms with Crippen molar-refractivity contribution in [2.24, 2.45) is 0 Å².